The van der Waals surface area contributed by atoms with E-state index in [1.165, 1.54) is 5.56 Å². The van der Waals surface area contributed by atoms with Crippen molar-refractivity contribution >= 4 is 5.91 Å². The van der Waals surface area contributed by atoms with Crippen LogP contribution in [0.5, 0.6) is 0 Å². The lowest BCUT2D eigenvalue weighted by molar-refractivity contribution is -0.127. The van der Waals surface area contributed by atoms with E-state index in [-0.39, 0.29) is 5.91 Å². The number of piperidine rings is 1. The number of aromatic nitrogens is 3. The fraction of sp³-hybridized carbons (Fsp3) is 0.375. The van der Waals surface area contributed by atoms with Gasteiger partial charge in [-0.15, -0.1) is 5.10 Å². The smallest absolute Gasteiger partial charge is 0.226 e. The second-order valence-electron chi connectivity index (χ2n) is 8.25. The molecule has 3 aromatic rings. The van der Waals surface area contributed by atoms with Gasteiger partial charge in [0.25, 0.3) is 0 Å². The summed E-state index contributed by atoms with van der Waals surface area (Å²) in [6.45, 7) is 2.92. The summed E-state index contributed by atoms with van der Waals surface area (Å²) in [6, 6.07) is 18.6. The number of hydrogen-bond acceptors (Lipinski definition) is 4. The van der Waals surface area contributed by atoms with Crippen LogP contribution in [-0.2, 0) is 17.8 Å². The standard InChI is InChI=1S/C24H29N5O/c1-27(2)24(30)16-19-7-6-8-21(15-19)20-11-13-28(14-12-20)17-22-18-29(26-25-22)23-9-4-3-5-10-23/h3-10,15,18,20H,11-14,16-17H2,1-2H3. The number of carbonyl (C=O) groups is 1. The molecular formula is C24H29N5O. The Morgan fingerprint density at radius 1 is 1.07 bits per heavy atom. The van der Waals surface area contributed by atoms with Crippen molar-refractivity contribution in [3.63, 3.8) is 0 Å². The van der Waals surface area contributed by atoms with Crippen molar-refractivity contribution in [2.75, 3.05) is 27.2 Å². The molecule has 1 aliphatic heterocycles. The van der Waals surface area contributed by atoms with Gasteiger partial charge in [0, 0.05) is 20.6 Å². The summed E-state index contributed by atoms with van der Waals surface area (Å²) in [5, 5.41) is 8.62. The number of para-hydroxylation sites is 1. The number of rotatable bonds is 6. The summed E-state index contributed by atoms with van der Waals surface area (Å²) < 4.78 is 1.84. The number of likely N-dealkylation sites (tertiary alicyclic amines) is 1. The van der Waals surface area contributed by atoms with Gasteiger partial charge in [-0.3, -0.25) is 9.69 Å². The van der Waals surface area contributed by atoms with E-state index in [9.17, 15) is 4.79 Å². The number of hydrogen-bond donors (Lipinski definition) is 0. The number of nitrogens with zero attached hydrogens (tertiary/aromatic N) is 5. The zero-order valence-electron chi connectivity index (χ0n) is 17.7. The fourth-order valence-electron chi connectivity index (χ4n) is 4.02. The van der Waals surface area contributed by atoms with Crippen molar-refractivity contribution in [3.05, 3.63) is 77.6 Å². The summed E-state index contributed by atoms with van der Waals surface area (Å²) in [5.74, 6) is 0.696. The van der Waals surface area contributed by atoms with E-state index >= 15 is 0 Å². The highest BCUT2D eigenvalue weighted by Crippen LogP contribution is 2.29. The molecule has 4 rings (SSSR count). The Labute approximate surface area is 178 Å². The van der Waals surface area contributed by atoms with Gasteiger partial charge in [0.2, 0.25) is 5.91 Å². The van der Waals surface area contributed by atoms with E-state index in [4.69, 9.17) is 0 Å². The third-order valence-corrected chi connectivity index (χ3v) is 5.81. The first kappa shape index (κ1) is 20.3. The van der Waals surface area contributed by atoms with Gasteiger partial charge in [-0.05, 0) is 55.1 Å². The van der Waals surface area contributed by atoms with Crippen LogP contribution in [0.1, 0.15) is 35.6 Å². The highest BCUT2D eigenvalue weighted by molar-refractivity contribution is 5.78. The number of amides is 1. The molecule has 2 aromatic carbocycles. The largest absolute Gasteiger partial charge is 0.349 e. The van der Waals surface area contributed by atoms with Crippen LogP contribution < -0.4 is 0 Å². The first-order valence-corrected chi connectivity index (χ1v) is 10.6. The van der Waals surface area contributed by atoms with Crippen LogP contribution >= 0.6 is 0 Å². The van der Waals surface area contributed by atoms with Crippen LogP contribution in [-0.4, -0.2) is 57.9 Å². The minimum Gasteiger partial charge on any atom is -0.349 e. The maximum absolute atomic E-state index is 12.0. The van der Waals surface area contributed by atoms with Crippen molar-refractivity contribution in [2.45, 2.75) is 31.7 Å². The SMILES string of the molecule is CN(C)C(=O)Cc1cccc(C2CCN(Cc3cn(-c4ccccc4)nn3)CC2)c1. The van der Waals surface area contributed by atoms with E-state index in [2.05, 4.69) is 39.5 Å². The molecule has 0 aliphatic carbocycles. The zero-order chi connectivity index (χ0) is 20.9. The van der Waals surface area contributed by atoms with Crippen LogP contribution in [0.3, 0.4) is 0 Å². The molecule has 156 valence electrons. The highest BCUT2D eigenvalue weighted by atomic mass is 16.2. The van der Waals surface area contributed by atoms with Gasteiger partial charge in [-0.1, -0.05) is 47.7 Å². The van der Waals surface area contributed by atoms with E-state index in [1.807, 2.05) is 41.2 Å². The molecular weight excluding hydrogens is 374 g/mol. The van der Waals surface area contributed by atoms with Crippen molar-refractivity contribution in [1.82, 2.24) is 24.8 Å². The molecule has 1 fully saturated rings. The van der Waals surface area contributed by atoms with Crippen LogP contribution in [0.15, 0.2) is 60.8 Å². The third kappa shape index (κ3) is 4.94. The molecule has 1 amide bonds. The Morgan fingerprint density at radius 2 is 1.83 bits per heavy atom. The summed E-state index contributed by atoms with van der Waals surface area (Å²) in [6.07, 6.45) is 4.74. The van der Waals surface area contributed by atoms with Gasteiger partial charge in [0.05, 0.1) is 24.0 Å². The Hall–Kier alpha value is -2.99. The molecule has 6 heteroatoms. The first-order valence-electron chi connectivity index (χ1n) is 10.6. The normalized spacial score (nSPS) is 15.3. The molecule has 0 saturated carbocycles. The predicted octanol–water partition coefficient (Wildman–Crippen LogP) is 3.28. The fourth-order valence-corrected chi connectivity index (χ4v) is 4.02. The minimum atomic E-state index is 0.144. The van der Waals surface area contributed by atoms with E-state index in [0.717, 1.165) is 49.4 Å². The minimum absolute atomic E-state index is 0.144. The Bertz CT molecular complexity index is 974. The van der Waals surface area contributed by atoms with E-state index in [1.54, 1.807) is 19.0 Å². The molecule has 30 heavy (non-hydrogen) atoms. The molecule has 0 unspecified atom stereocenters. The topological polar surface area (TPSA) is 54.3 Å². The molecule has 6 nitrogen and oxygen atoms in total. The number of benzene rings is 2. The average Bonchev–Trinajstić information content (AvgIpc) is 3.23. The Kier molecular flexibility index (Phi) is 6.23. The van der Waals surface area contributed by atoms with E-state index < -0.39 is 0 Å². The third-order valence-electron chi connectivity index (χ3n) is 5.81. The summed E-state index contributed by atoms with van der Waals surface area (Å²) in [4.78, 5) is 16.1. The summed E-state index contributed by atoms with van der Waals surface area (Å²) in [7, 11) is 3.61. The second kappa shape index (κ2) is 9.22. The molecule has 0 N–H and O–H groups in total. The quantitative estimate of drug-likeness (QED) is 0.634. The van der Waals surface area contributed by atoms with Gasteiger partial charge >= 0.3 is 0 Å². The van der Waals surface area contributed by atoms with E-state index in [0.29, 0.717) is 12.3 Å². The van der Waals surface area contributed by atoms with Crippen molar-refractivity contribution in [3.8, 4) is 5.69 Å². The summed E-state index contributed by atoms with van der Waals surface area (Å²) in [5.41, 5.74) is 4.49. The molecule has 0 atom stereocenters. The predicted molar refractivity (Wildman–Crippen MR) is 117 cm³/mol. The van der Waals surface area contributed by atoms with Crippen molar-refractivity contribution in [2.24, 2.45) is 0 Å². The highest BCUT2D eigenvalue weighted by Gasteiger charge is 2.22. The Balaban J connectivity index is 1.32. The maximum atomic E-state index is 12.0. The second-order valence-corrected chi connectivity index (χ2v) is 8.25. The molecule has 1 aromatic heterocycles. The van der Waals surface area contributed by atoms with Gasteiger partial charge < -0.3 is 4.90 Å². The first-order chi connectivity index (χ1) is 14.6. The molecule has 0 spiro atoms. The molecule has 1 aliphatic rings. The molecule has 1 saturated heterocycles. The maximum Gasteiger partial charge on any atom is 0.226 e. The molecule has 0 radical (unpaired) electrons. The van der Waals surface area contributed by atoms with Gasteiger partial charge in [-0.2, -0.15) is 0 Å². The van der Waals surface area contributed by atoms with Gasteiger partial charge in [0.15, 0.2) is 0 Å². The van der Waals surface area contributed by atoms with Crippen molar-refractivity contribution < 1.29 is 4.79 Å². The lowest BCUT2D eigenvalue weighted by Gasteiger charge is -2.31. The number of likely N-dealkylation sites (N-methyl/N-ethyl adjacent to an activating group) is 1. The summed E-state index contributed by atoms with van der Waals surface area (Å²) >= 11 is 0. The van der Waals surface area contributed by atoms with Gasteiger partial charge in [0.1, 0.15) is 0 Å². The number of carbonyl (C=O) groups excluding carboxylic acids is 1. The van der Waals surface area contributed by atoms with Crippen molar-refractivity contribution in [1.29, 1.82) is 0 Å². The van der Waals surface area contributed by atoms with Crippen LogP contribution in [0.25, 0.3) is 5.69 Å². The Morgan fingerprint density at radius 3 is 2.57 bits per heavy atom. The zero-order valence-corrected chi connectivity index (χ0v) is 17.7. The van der Waals surface area contributed by atoms with Crippen LogP contribution in [0.2, 0.25) is 0 Å². The van der Waals surface area contributed by atoms with Crippen LogP contribution in [0.4, 0.5) is 0 Å². The van der Waals surface area contributed by atoms with Crippen LogP contribution in [0, 0.1) is 0 Å². The lowest BCUT2D eigenvalue weighted by atomic mass is 9.88. The van der Waals surface area contributed by atoms with Gasteiger partial charge in [-0.25, -0.2) is 4.68 Å². The molecule has 2 heterocycles. The molecule has 0 bridgehead atoms. The average molecular weight is 404 g/mol. The monoisotopic (exact) mass is 403 g/mol. The lowest BCUT2D eigenvalue weighted by Crippen LogP contribution is -2.32.